The van der Waals surface area contributed by atoms with Gasteiger partial charge in [-0.3, -0.25) is 9.78 Å². The Balaban J connectivity index is 1.63. The Hall–Kier alpha value is -2.73. The summed E-state index contributed by atoms with van der Waals surface area (Å²) in [6.45, 7) is 6.13. The van der Waals surface area contributed by atoms with E-state index in [1.54, 1.807) is 18.0 Å². The van der Waals surface area contributed by atoms with Gasteiger partial charge in [-0.25, -0.2) is 4.39 Å². The predicted octanol–water partition coefficient (Wildman–Crippen LogP) is 4.36. The van der Waals surface area contributed by atoms with E-state index in [-0.39, 0.29) is 11.9 Å². The molecule has 1 amide bonds. The number of aromatic nitrogens is 2. The molecule has 3 heterocycles. The minimum absolute atomic E-state index is 0.0220. The Labute approximate surface area is 182 Å². The molecule has 1 saturated carbocycles. The highest BCUT2D eigenvalue weighted by atomic mass is 19.1. The number of amides is 1. The fourth-order valence-corrected chi connectivity index (χ4v) is 5.36. The SMILES string of the molecule is CC(C)N(C)C(=O)c1cc(F)ccc1-n1cc(C2CC3CNCC3C2)c2ccncc21. The fraction of sp³-hybridized carbons (Fsp3) is 0.440. The van der Waals surface area contributed by atoms with Crippen LogP contribution in [0.15, 0.2) is 42.9 Å². The van der Waals surface area contributed by atoms with Crippen LogP contribution in [0.25, 0.3) is 16.6 Å². The Morgan fingerprint density at radius 3 is 2.68 bits per heavy atom. The standard InChI is InChI=1S/C25H29FN4O/c1-15(2)29(3)25(31)21-10-19(26)4-5-23(21)30-14-22(20-6-7-27-13-24(20)30)16-8-17-11-28-12-18(17)9-16/h4-7,10,13-18,28H,8-9,11-12H2,1-3H3. The van der Waals surface area contributed by atoms with Gasteiger partial charge < -0.3 is 14.8 Å². The zero-order valence-electron chi connectivity index (χ0n) is 18.3. The van der Waals surface area contributed by atoms with Gasteiger partial charge in [-0.2, -0.15) is 0 Å². The largest absolute Gasteiger partial charge is 0.339 e. The van der Waals surface area contributed by atoms with Crippen LogP contribution >= 0.6 is 0 Å². The van der Waals surface area contributed by atoms with Crippen LogP contribution in [0.3, 0.4) is 0 Å². The second-order valence-electron chi connectivity index (χ2n) is 9.37. The molecule has 1 aliphatic carbocycles. The molecular formula is C25H29FN4O. The maximum atomic E-state index is 14.2. The van der Waals surface area contributed by atoms with Gasteiger partial charge in [-0.15, -0.1) is 0 Å². The van der Waals surface area contributed by atoms with Crippen molar-refractivity contribution in [3.05, 3.63) is 59.8 Å². The molecule has 1 saturated heterocycles. The first kappa shape index (κ1) is 20.2. The van der Waals surface area contributed by atoms with E-state index in [9.17, 15) is 9.18 Å². The van der Waals surface area contributed by atoms with Crippen LogP contribution < -0.4 is 5.32 Å². The van der Waals surface area contributed by atoms with Crippen molar-refractivity contribution in [2.24, 2.45) is 11.8 Å². The molecule has 6 heteroatoms. The number of pyridine rings is 1. The van der Waals surface area contributed by atoms with Crippen LogP contribution in [0.1, 0.15) is 48.5 Å². The lowest BCUT2D eigenvalue weighted by molar-refractivity contribution is 0.0754. The van der Waals surface area contributed by atoms with E-state index in [1.165, 1.54) is 35.9 Å². The molecule has 5 rings (SSSR count). The fourth-order valence-electron chi connectivity index (χ4n) is 5.36. The summed E-state index contributed by atoms with van der Waals surface area (Å²) in [6, 6.07) is 6.58. The number of nitrogens with one attached hydrogen (secondary N) is 1. The average Bonchev–Trinajstić information content (AvgIpc) is 3.45. The van der Waals surface area contributed by atoms with Crippen LogP contribution in [-0.4, -0.2) is 46.5 Å². The van der Waals surface area contributed by atoms with E-state index in [2.05, 4.69) is 22.6 Å². The van der Waals surface area contributed by atoms with E-state index in [0.29, 0.717) is 17.2 Å². The molecular weight excluding hydrogens is 391 g/mol. The molecule has 2 fully saturated rings. The molecule has 2 unspecified atom stereocenters. The van der Waals surface area contributed by atoms with Crippen molar-refractivity contribution >= 4 is 16.8 Å². The topological polar surface area (TPSA) is 50.2 Å². The van der Waals surface area contributed by atoms with Gasteiger partial charge in [0.2, 0.25) is 0 Å². The second kappa shape index (κ2) is 7.75. The molecule has 1 N–H and O–H groups in total. The highest BCUT2D eigenvalue weighted by Gasteiger charge is 2.39. The lowest BCUT2D eigenvalue weighted by Gasteiger charge is -2.23. The number of halogens is 1. The van der Waals surface area contributed by atoms with Crippen molar-refractivity contribution < 1.29 is 9.18 Å². The Morgan fingerprint density at radius 2 is 1.97 bits per heavy atom. The minimum Gasteiger partial charge on any atom is -0.339 e. The van der Waals surface area contributed by atoms with E-state index >= 15 is 0 Å². The van der Waals surface area contributed by atoms with Crippen LogP contribution in [0, 0.1) is 17.7 Å². The van der Waals surface area contributed by atoms with Gasteiger partial charge in [0.15, 0.2) is 0 Å². The molecule has 5 nitrogen and oxygen atoms in total. The summed E-state index contributed by atoms with van der Waals surface area (Å²) in [5, 5.41) is 4.69. The molecule has 2 aromatic heterocycles. The molecule has 2 aliphatic rings. The highest BCUT2D eigenvalue weighted by Crippen LogP contribution is 2.46. The van der Waals surface area contributed by atoms with Gasteiger partial charge in [-0.05, 0) is 87.4 Å². The Morgan fingerprint density at radius 1 is 1.23 bits per heavy atom. The van der Waals surface area contributed by atoms with Gasteiger partial charge in [0, 0.05) is 30.9 Å². The van der Waals surface area contributed by atoms with E-state index in [0.717, 1.165) is 30.4 Å². The third kappa shape index (κ3) is 3.43. The van der Waals surface area contributed by atoms with Crippen LogP contribution in [0.5, 0.6) is 0 Å². The highest BCUT2D eigenvalue weighted by molar-refractivity contribution is 5.99. The summed E-state index contributed by atoms with van der Waals surface area (Å²) in [7, 11) is 1.76. The van der Waals surface area contributed by atoms with E-state index in [4.69, 9.17) is 0 Å². The summed E-state index contributed by atoms with van der Waals surface area (Å²) < 4.78 is 16.2. The third-order valence-corrected chi connectivity index (χ3v) is 7.28. The van der Waals surface area contributed by atoms with Crippen molar-refractivity contribution in [3.8, 4) is 5.69 Å². The summed E-state index contributed by atoms with van der Waals surface area (Å²) in [4.78, 5) is 19.2. The third-order valence-electron chi connectivity index (χ3n) is 7.28. The first-order valence-electron chi connectivity index (χ1n) is 11.2. The van der Waals surface area contributed by atoms with Crippen molar-refractivity contribution in [1.82, 2.24) is 19.8 Å². The first-order chi connectivity index (χ1) is 14.9. The summed E-state index contributed by atoms with van der Waals surface area (Å²) >= 11 is 0. The normalized spacial score (nSPS) is 22.9. The molecule has 31 heavy (non-hydrogen) atoms. The van der Waals surface area contributed by atoms with Gasteiger partial charge in [0.25, 0.3) is 5.91 Å². The monoisotopic (exact) mass is 420 g/mol. The molecule has 3 aromatic rings. The lowest BCUT2D eigenvalue weighted by atomic mass is 9.96. The summed E-state index contributed by atoms with van der Waals surface area (Å²) in [6.07, 6.45) is 8.20. The lowest BCUT2D eigenvalue weighted by Crippen LogP contribution is -2.33. The molecule has 2 atom stereocenters. The number of rotatable bonds is 4. The average molecular weight is 421 g/mol. The Bertz CT molecular complexity index is 1130. The Kier molecular flexibility index (Phi) is 5.05. The number of benzene rings is 1. The van der Waals surface area contributed by atoms with Gasteiger partial charge >= 0.3 is 0 Å². The zero-order valence-corrected chi connectivity index (χ0v) is 18.3. The number of fused-ring (bicyclic) bond motifs is 2. The predicted molar refractivity (Wildman–Crippen MR) is 120 cm³/mol. The van der Waals surface area contributed by atoms with Crippen LogP contribution in [-0.2, 0) is 0 Å². The van der Waals surface area contributed by atoms with E-state index in [1.807, 2.05) is 30.8 Å². The second-order valence-corrected chi connectivity index (χ2v) is 9.37. The zero-order chi connectivity index (χ0) is 21.7. The summed E-state index contributed by atoms with van der Waals surface area (Å²) in [5.74, 6) is 1.40. The summed E-state index contributed by atoms with van der Waals surface area (Å²) in [5.41, 5.74) is 3.34. The first-order valence-corrected chi connectivity index (χ1v) is 11.2. The molecule has 1 aliphatic heterocycles. The molecule has 1 aromatic carbocycles. The number of carbonyl (C=O) groups is 1. The molecule has 0 spiro atoms. The van der Waals surface area contributed by atoms with Crippen LogP contribution in [0.2, 0.25) is 0 Å². The van der Waals surface area contributed by atoms with Gasteiger partial charge in [0.05, 0.1) is 23.0 Å². The van der Waals surface area contributed by atoms with Gasteiger partial charge in [0.1, 0.15) is 5.82 Å². The number of hydrogen-bond donors (Lipinski definition) is 1. The minimum atomic E-state index is -0.407. The number of hydrogen-bond acceptors (Lipinski definition) is 3. The molecule has 0 bridgehead atoms. The number of nitrogens with zero attached hydrogens (tertiary/aromatic N) is 3. The number of carbonyl (C=O) groups excluding carboxylic acids is 1. The maximum absolute atomic E-state index is 14.2. The molecule has 0 radical (unpaired) electrons. The van der Waals surface area contributed by atoms with Crippen molar-refractivity contribution in [2.45, 2.75) is 38.6 Å². The maximum Gasteiger partial charge on any atom is 0.256 e. The van der Waals surface area contributed by atoms with E-state index < -0.39 is 5.82 Å². The van der Waals surface area contributed by atoms with Crippen molar-refractivity contribution in [2.75, 3.05) is 20.1 Å². The quantitative estimate of drug-likeness (QED) is 0.682. The molecule has 162 valence electrons. The van der Waals surface area contributed by atoms with Crippen molar-refractivity contribution in [3.63, 3.8) is 0 Å². The van der Waals surface area contributed by atoms with Gasteiger partial charge in [-0.1, -0.05) is 0 Å². The smallest absolute Gasteiger partial charge is 0.256 e. The van der Waals surface area contributed by atoms with Crippen LogP contribution in [0.4, 0.5) is 4.39 Å². The van der Waals surface area contributed by atoms with Crippen molar-refractivity contribution in [1.29, 1.82) is 0 Å².